The van der Waals surface area contributed by atoms with Crippen molar-refractivity contribution in [2.75, 3.05) is 32.7 Å². The van der Waals surface area contributed by atoms with Crippen LogP contribution in [0.1, 0.15) is 124 Å². The summed E-state index contributed by atoms with van der Waals surface area (Å²) in [4.78, 5) is 152. The molecule has 21 N–H and O–H groups in total. The molecule has 0 aromatic heterocycles. The third kappa shape index (κ3) is 25.5. The van der Waals surface area contributed by atoms with Crippen molar-refractivity contribution in [3.8, 4) is 0 Å². The van der Waals surface area contributed by atoms with Crippen LogP contribution in [0.25, 0.3) is 0 Å². The van der Waals surface area contributed by atoms with Crippen molar-refractivity contribution in [1.29, 1.82) is 0 Å². The van der Waals surface area contributed by atoms with E-state index in [-0.39, 0.29) is 83.6 Å². The Morgan fingerprint density at radius 2 is 1.18 bits per heavy atom. The molecule has 1 aromatic rings. The van der Waals surface area contributed by atoms with Crippen molar-refractivity contribution in [3.05, 3.63) is 35.9 Å². The lowest BCUT2D eigenvalue weighted by molar-refractivity contribution is -0.154. The van der Waals surface area contributed by atoms with Gasteiger partial charge in [-0.15, -0.1) is 0 Å². The van der Waals surface area contributed by atoms with Gasteiger partial charge in [-0.25, -0.2) is 4.79 Å². The molecule has 82 heavy (non-hydrogen) atoms. The van der Waals surface area contributed by atoms with Crippen LogP contribution in [0.15, 0.2) is 30.3 Å². The largest absolute Gasteiger partial charge is 0.459 e. The topological polar surface area (TPSA) is 468 Å². The minimum atomic E-state index is -1.65. The summed E-state index contributed by atoms with van der Waals surface area (Å²) < 4.78 is 5.51. The summed E-state index contributed by atoms with van der Waals surface area (Å²) in [5, 5.41) is 36.3. The van der Waals surface area contributed by atoms with Crippen LogP contribution in [-0.2, 0) is 63.9 Å². The molecule has 462 valence electrons. The van der Waals surface area contributed by atoms with Crippen LogP contribution >= 0.6 is 0 Å². The van der Waals surface area contributed by atoms with Gasteiger partial charge in [0.05, 0.1) is 6.10 Å². The molecule has 12 atom stereocenters. The van der Waals surface area contributed by atoms with Crippen molar-refractivity contribution >= 4 is 65.0 Å². The van der Waals surface area contributed by atoms with Crippen LogP contribution in [0.3, 0.4) is 0 Å². The van der Waals surface area contributed by atoms with E-state index >= 15 is 0 Å². The zero-order chi connectivity index (χ0) is 61.5. The maximum Gasteiger partial charge on any atom is 0.329 e. The Morgan fingerprint density at radius 1 is 0.646 bits per heavy atom. The number of benzene rings is 1. The zero-order valence-electron chi connectivity index (χ0n) is 48.4. The third-order valence-electron chi connectivity index (χ3n) is 13.4. The number of carbonyl (C=O) groups excluding carboxylic acids is 11. The Hall–Kier alpha value is -6.85. The van der Waals surface area contributed by atoms with E-state index in [1.54, 1.807) is 44.2 Å². The van der Waals surface area contributed by atoms with Crippen LogP contribution in [0, 0.1) is 5.92 Å². The maximum atomic E-state index is 14.4. The number of ether oxygens (including phenoxy) is 1. The van der Waals surface area contributed by atoms with E-state index in [0.717, 1.165) is 25.7 Å². The van der Waals surface area contributed by atoms with Crippen molar-refractivity contribution < 1.29 is 62.6 Å². The number of cyclic esters (lactones) is 1. The second kappa shape index (κ2) is 38.0. The highest BCUT2D eigenvalue weighted by atomic mass is 16.5. The summed E-state index contributed by atoms with van der Waals surface area (Å²) in [6.45, 7) is 8.67. The predicted molar refractivity (Wildman–Crippen MR) is 304 cm³/mol. The fourth-order valence-electron chi connectivity index (χ4n) is 8.60. The SMILES string of the molecule is CCCCCCCC(=O)N[C@@H](CCN)C(=O)N[C@H](C(=O)N[C@@H](C)C(=O)NC1CCNC(=O)[C@@H](N)[C@@H](C)OC(=O)[C@H](CCN)NC(=O)[C@H](CCN)NC(=O)[C@H](CC(C)C)NC(=O)[C@@H](Cc2ccccc2)NC(=O)C(CCN)NC1=O)[C@@H](C)O. The zero-order valence-corrected chi connectivity index (χ0v) is 48.4. The number of aliphatic hydroxyl groups excluding tert-OH is 1. The van der Waals surface area contributed by atoms with Crippen LogP contribution in [0.5, 0.6) is 0 Å². The second-order valence-corrected chi connectivity index (χ2v) is 21.0. The molecular weight excluding hydrogens is 1070 g/mol. The number of nitrogens with one attached hydrogen (secondary N) is 10. The predicted octanol–water partition coefficient (Wildman–Crippen LogP) is -4.43. The van der Waals surface area contributed by atoms with Gasteiger partial charge in [0.1, 0.15) is 66.5 Å². The minimum absolute atomic E-state index is 0.00398. The monoisotopic (exact) mass is 1160 g/mol. The Morgan fingerprint density at radius 3 is 1.76 bits per heavy atom. The first-order valence-corrected chi connectivity index (χ1v) is 28.4. The third-order valence-corrected chi connectivity index (χ3v) is 13.4. The van der Waals surface area contributed by atoms with E-state index in [0.29, 0.717) is 12.0 Å². The summed E-state index contributed by atoms with van der Waals surface area (Å²) in [5.41, 5.74) is 30.1. The van der Waals surface area contributed by atoms with E-state index in [1.165, 1.54) is 20.8 Å². The summed E-state index contributed by atoms with van der Waals surface area (Å²) >= 11 is 0. The van der Waals surface area contributed by atoms with Crippen molar-refractivity contribution in [3.63, 3.8) is 0 Å². The van der Waals surface area contributed by atoms with Crippen LogP contribution < -0.4 is 81.8 Å². The van der Waals surface area contributed by atoms with Gasteiger partial charge >= 0.3 is 5.97 Å². The van der Waals surface area contributed by atoms with Crippen LogP contribution in [0.2, 0.25) is 0 Å². The normalized spacial score (nSPS) is 23.5. The lowest BCUT2D eigenvalue weighted by Crippen LogP contribution is -2.61. The number of amides is 10. The molecule has 2 rings (SSSR count). The molecule has 1 aromatic carbocycles. The van der Waals surface area contributed by atoms with Gasteiger partial charge in [0, 0.05) is 19.4 Å². The lowest BCUT2D eigenvalue weighted by Gasteiger charge is -2.29. The first kappa shape index (κ1) is 71.3. The van der Waals surface area contributed by atoms with Gasteiger partial charge in [0.25, 0.3) is 0 Å². The van der Waals surface area contributed by atoms with Gasteiger partial charge in [-0.1, -0.05) is 76.8 Å². The Balaban J connectivity index is 2.58. The van der Waals surface area contributed by atoms with E-state index in [9.17, 15) is 57.8 Å². The number of nitrogens with two attached hydrogens (primary N) is 5. The molecule has 28 heteroatoms. The van der Waals surface area contributed by atoms with Gasteiger partial charge in [0.15, 0.2) is 0 Å². The molecule has 0 aliphatic carbocycles. The first-order chi connectivity index (χ1) is 38.9. The number of rotatable bonds is 26. The molecule has 0 radical (unpaired) electrons. The molecule has 1 saturated heterocycles. The number of aliphatic hydroxyl groups is 1. The minimum Gasteiger partial charge on any atom is -0.459 e. The fraction of sp³-hybridized carbons (Fsp3) is 0.685. The van der Waals surface area contributed by atoms with Crippen molar-refractivity contribution in [2.24, 2.45) is 34.6 Å². The molecule has 1 aliphatic rings. The van der Waals surface area contributed by atoms with Gasteiger partial charge in [-0.2, -0.15) is 0 Å². The van der Waals surface area contributed by atoms with Gasteiger partial charge in [0.2, 0.25) is 59.1 Å². The molecule has 1 aliphatic heterocycles. The van der Waals surface area contributed by atoms with E-state index in [1.807, 2.05) is 0 Å². The quantitative estimate of drug-likeness (QED) is 0.0307. The van der Waals surface area contributed by atoms with E-state index < -0.39 is 144 Å². The first-order valence-electron chi connectivity index (χ1n) is 28.4. The van der Waals surface area contributed by atoms with Gasteiger partial charge in [-0.05, 0) is 103 Å². The average Bonchev–Trinajstić information content (AvgIpc) is 3.43. The molecule has 10 amide bonds. The summed E-state index contributed by atoms with van der Waals surface area (Å²) in [6, 6.07) is -5.69. The lowest BCUT2D eigenvalue weighted by atomic mass is 10.00. The molecular formula is C54H93N15O13. The highest BCUT2D eigenvalue weighted by molar-refractivity contribution is 5.98. The summed E-state index contributed by atoms with van der Waals surface area (Å²) in [6.07, 6.45) is 0.852. The summed E-state index contributed by atoms with van der Waals surface area (Å²) in [5.74, 6) is -9.65. The molecule has 1 fully saturated rings. The molecule has 0 saturated carbocycles. The molecule has 0 spiro atoms. The standard InChI is InChI=1S/C54H93N15O13/c1-7-8-9-10-14-17-42(71)62-35(18-23-55)49(76)69-44(32(5)70)53(80)61-31(4)45(72)63-38-22-27-60-52(79)43(59)33(6)82-54(81)39(21-26-58)66-46(73)36(19-24-56)65-50(77)40(28-30(2)3)67-51(78)41(29-34-15-12-11-13-16-34)68-47(74)37(20-25-57)64-48(38)75/h11-13,15-16,30-33,35-41,43-44,70H,7-10,14,17-29,55-59H2,1-6H3,(H,60,79)(H,61,80)(H,62,71)(H,63,72)(H,64,75)(H,65,77)(H,66,73)(H,67,78)(H,68,74)(H,69,76)/t31-,32+,33+,35-,36-,37?,38?,39-,40-,41+,43-,44-/m0/s1. The molecule has 0 bridgehead atoms. The highest BCUT2D eigenvalue weighted by Crippen LogP contribution is 2.12. The van der Waals surface area contributed by atoms with Crippen molar-refractivity contribution in [2.45, 2.75) is 198 Å². The second-order valence-electron chi connectivity index (χ2n) is 21.0. The maximum absolute atomic E-state index is 14.4. The van der Waals surface area contributed by atoms with Crippen molar-refractivity contribution in [1.82, 2.24) is 53.2 Å². The van der Waals surface area contributed by atoms with Crippen LogP contribution in [0.4, 0.5) is 0 Å². The number of unbranched alkanes of at least 4 members (excludes halogenated alkanes) is 4. The van der Waals surface area contributed by atoms with Gasteiger partial charge in [-0.3, -0.25) is 47.9 Å². The molecule has 1 heterocycles. The smallest absolute Gasteiger partial charge is 0.329 e. The number of carbonyl (C=O) groups is 11. The van der Waals surface area contributed by atoms with E-state index in [4.69, 9.17) is 33.4 Å². The number of hydrogen-bond acceptors (Lipinski definition) is 18. The van der Waals surface area contributed by atoms with E-state index in [2.05, 4.69) is 60.1 Å². The Labute approximate surface area is 480 Å². The Kier molecular flexibility index (Phi) is 33.0. The molecule has 2 unspecified atom stereocenters. The Bertz CT molecular complexity index is 2240. The number of esters is 1. The number of hydrogen-bond donors (Lipinski definition) is 16. The fourth-order valence-corrected chi connectivity index (χ4v) is 8.60. The van der Waals surface area contributed by atoms with Crippen LogP contribution in [-0.4, -0.2) is 175 Å². The average molecular weight is 1160 g/mol. The highest BCUT2D eigenvalue weighted by Gasteiger charge is 2.37. The van der Waals surface area contributed by atoms with Gasteiger partial charge < -0.3 is 91.7 Å². The summed E-state index contributed by atoms with van der Waals surface area (Å²) in [7, 11) is 0. The molecule has 28 nitrogen and oxygen atoms in total.